The second-order valence-corrected chi connectivity index (χ2v) is 10.3. The summed E-state index contributed by atoms with van der Waals surface area (Å²) in [6.45, 7) is 0.580. The zero-order valence-electron chi connectivity index (χ0n) is 16.2. The van der Waals surface area contributed by atoms with E-state index in [0.717, 1.165) is 4.70 Å². The molecular weight excluding hydrogens is 446 g/mol. The predicted molar refractivity (Wildman–Crippen MR) is 118 cm³/mol. The lowest BCUT2D eigenvalue weighted by Gasteiger charge is -2.30. The molecule has 0 saturated carbocycles. The molecule has 0 unspecified atom stereocenters. The number of ether oxygens (including phenoxy) is 1. The maximum Gasteiger partial charge on any atom is 0.243 e. The highest BCUT2D eigenvalue weighted by Crippen LogP contribution is 2.32. The Bertz CT molecular complexity index is 1170. The number of piperidine rings is 1. The van der Waals surface area contributed by atoms with E-state index in [2.05, 4.69) is 10.3 Å². The molecule has 3 aromatic rings. The fourth-order valence-corrected chi connectivity index (χ4v) is 6.07. The van der Waals surface area contributed by atoms with Crippen molar-refractivity contribution in [2.75, 3.05) is 25.5 Å². The molecule has 2 heterocycles. The molecule has 4 rings (SSSR count). The highest BCUT2D eigenvalue weighted by atomic mass is 35.5. The van der Waals surface area contributed by atoms with Crippen molar-refractivity contribution >= 4 is 54.2 Å². The number of methoxy groups -OCH3 is 1. The van der Waals surface area contributed by atoms with E-state index < -0.39 is 10.0 Å². The Morgan fingerprint density at radius 1 is 1.20 bits per heavy atom. The van der Waals surface area contributed by atoms with E-state index in [-0.39, 0.29) is 29.8 Å². The van der Waals surface area contributed by atoms with Crippen LogP contribution in [0, 0.1) is 5.92 Å². The number of anilines is 1. The zero-order valence-corrected chi connectivity index (χ0v) is 18.6. The van der Waals surface area contributed by atoms with Gasteiger partial charge in [-0.15, -0.1) is 0 Å². The van der Waals surface area contributed by atoms with Crippen LogP contribution in [0.2, 0.25) is 5.02 Å². The van der Waals surface area contributed by atoms with Gasteiger partial charge in [-0.25, -0.2) is 13.4 Å². The first kappa shape index (κ1) is 21.0. The molecule has 1 aromatic heterocycles. The van der Waals surface area contributed by atoms with Crippen LogP contribution in [0.3, 0.4) is 0 Å². The van der Waals surface area contributed by atoms with Crippen molar-refractivity contribution in [3.63, 3.8) is 0 Å². The lowest BCUT2D eigenvalue weighted by atomic mass is 9.97. The average molecular weight is 466 g/mol. The Kier molecular flexibility index (Phi) is 5.97. The number of sulfonamides is 1. The zero-order chi connectivity index (χ0) is 21.3. The topological polar surface area (TPSA) is 88.6 Å². The van der Waals surface area contributed by atoms with Crippen LogP contribution in [0.25, 0.3) is 10.2 Å². The molecule has 1 saturated heterocycles. The van der Waals surface area contributed by atoms with Gasteiger partial charge in [0.2, 0.25) is 15.9 Å². The van der Waals surface area contributed by atoms with Crippen LogP contribution in [0.4, 0.5) is 5.13 Å². The fraction of sp³-hybridized carbons (Fsp3) is 0.300. The number of hydrogen-bond acceptors (Lipinski definition) is 6. The van der Waals surface area contributed by atoms with Gasteiger partial charge in [-0.05, 0) is 49.2 Å². The number of aromatic nitrogens is 1. The summed E-state index contributed by atoms with van der Waals surface area (Å²) in [6, 6.07) is 11.8. The monoisotopic (exact) mass is 465 g/mol. The normalized spacial score (nSPS) is 15.9. The number of carbonyl (C=O) groups is 1. The molecule has 30 heavy (non-hydrogen) atoms. The number of thiazole rings is 1. The highest BCUT2D eigenvalue weighted by Gasteiger charge is 2.32. The molecule has 7 nitrogen and oxygen atoms in total. The standard InChI is InChI=1S/C20H20ClN3O4S2/c1-28-14-5-7-15(8-6-14)30(26,27)24-11-9-13(10-12-24)19(25)23-20-22-18-16(21)3-2-4-17(18)29-20/h2-8,13H,9-12H2,1H3,(H,22,23,25). The van der Waals surface area contributed by atoms with Crippen molar-refractivity contribution in [2.45, 2.75) is 17.7 Å². The molecule has 1 amide bonds. The van der Waals surface area contributed by atoms with Gasteiger partial charge in [0.25, 0.3) is 0 Å². The molecule has 0 spiro atoms. The van der Waals surface area contributed by atoms with Gasteiger partial charge in [-0.3, -0.25) is 4.79 Å². The molecule has 1 N–H and O–H groups in total. The molecule has 1 aliphatic rings. The second-order valence-electron chi connectivity index (χ2n) is 6.95. The molecule has 158 valence electrons. The first-order chi connectivity index (χ1) is 14.4. The molecule has 1 fully saturated rings. The predicted octanol–water partition coefficient (Wildman–Crippen LogP) is 4.00. The summed E-state index contributed by atoms with van der Waals surface area (Å²) in [5.74, 6) is 0.182. The smallest absolute Gasteiger partial charge is 0.243 e. The number of nitrogens with one attached hydrogen (secondary N) is 1. The first-order valence-electron chi connectivity index (χ1n) is 9.38. The van der Waals surface area contributed by atoms with E-state index in [0.29, 0.717) is 34.3 Å². The van der Waals surface area contributed by atoms with Crippen LogP contribution in [0.15, 0.2) is 47.4 Å². The Morgan fingerprint density at radius 2 is 1.90 bits per heavy atom. The lowest BCUT2D eigenvalue weighted by molar-refractivity contribution is -0.120. The number of nitrogens with zero attached hydrogens (tertiary/aromatic N) is 2. The van der Waals surface area contributed by atoms with E-state index in [4.69, 9.17) is 16.3 Å². The van der Waals surface area contributed by atoms with E-state index >= 15 is 0 Å². The van der Waals surface area contributed by atoms with Gasteiger partial charge < -0.3 is 10.1 Å². The third-order valence-electron chi connectivity index (χ3n) is 5.12. The molecule has 10 heteroatoms. The Balaban J connectivity index is 1.39. The number of hydrogen-bond donors (Lipinski definition) is 1. The van der Waals surface area contributed by atoms with Crippen molar-refractivity contribution in [3.8, 4) is 5.75 Å². The Hall–Kier alpha value is -2.20. The Labute approximate surface area is 183 Å². The third-order valence-corrected chi connectivity index (χ3v) is 8.28. The Morgan fingerprint density at radius 3 is 2.53 bits per heavy atom. The first-order valence-corrected chi connectivity index (χ1v) is 12.0. The third kappa shape index (κ3) is 4.15. The van der Waals surface area contributed by atoms with E-state index in [9.17, 15) is 13.2 Å². The van der Waals surface area contributed by atoms with Gasteiger partial charge in [0.15, 0.2) is 5.13 Å². The second kappa shape index (κ2) is 8.50. The fourth-order valence-electron chi connectivity index (χ4n) is 3.43. The number of rotatable bonds is 5. The number of amides is 1. The number of para-hydroxylation sites is 1. The lowest BCUT2D eigenvalue weighted by Crippen LogP contribution is -2.41. The number of fused-ring (bicyclic) bond motifs is 1. The molecule has 0 atom stereocenters. The summed E-state index contributed by atoms with van der Waals surface area (Å²) in [4.78, 5) is 17.3. The highest BCUT2D eigenvalue weighted by molar-refractivity contribution is 7.89. The van der Waals surface area contributed by atoms with Crippen LogP contribution >= 0.6 is 22.9 Å². The van der Waals surface area contributed by atoms with Crippen molar-refractivity contribution in [1.82, 2.24) is 9.29 Å². The summed E-state index contributed by atoms with van der Waals surface area (Å²) in [5, 5.41) is 3.89. The van der Waals surface area contributed by atoms with Crippen LogP contribution in [0.1, 0.15) is 12.8 Å². The average Bonchev–Trinajstić information content (AvgIpc) is 3.17. The summed E-state index contributed by atoms with van der Waals surface area (Å²) in [5.41, 5.74) is 0.667. The molecule has 0 radical (unpaired) electrons. The summed E-state index contributed by atoms with van der Waals surface area (Å²) >= 11 is 7.51. The molecular formula is C20H20ClN3O4S2. The minimum atomic E-state index is -3.60. The maximum atomic E-state index is 12.8. The summed E-state index contributed by atoms with van der Waals surface area (Å²) in [7, 11) is -2.07. The van der Waals surface area contributed by atoms with Gasteiger partial charge in [0.05, 0.1) is 21.7 Å². The van der Waals surface area contributed by atoms with Crippen molar-refractivity contribution in [1.29, 1.82) is 0 Å². The van der Waals surface area contributed by atoms with Crippen LogP contribution in [0.5, 0.6) is 5.75 Å². The van der Waals surface area contributed by atoms with Crippen molar-refractivity contribution in [2.24, 2.45) is 5.92 Å². The quantitative estimate of drug-likeness (QED) is 0.615. The molecule has 1 aliphatic heterocycles. The van der Waals surface area contributed by atoms with Gasteiger partial charge >= 0.3 is 0 Å². The molecule has 0 aliphatic carbocycles. The molecule has 2 aromatic carbocycles. The number of halogens is 1. The SMILES string of the molecule is COc1ccc(S(=O)(=O)N2CCC(C(=O)Nc3nc4c(Cl)cccc4s3)CC2)cc1. The van der Waals surface area contributed by atoms with Crippen LogP contribution in [-0.4, -0.2) is 43.8 Å². The van der Waals surface area contributed by atoms with Gasteiger partial charge in [0.1, 0.15) is 11.3 Å². The summed E-state index contributed by atoms with van der Waals surface area (Å²) < 4.78 is 33.1. The molecule has 0 bridgehead atoms. The van der Waals surface area contributed by atoms with Crippen molar-refractivity contribution in [3.05, 3.63) is 47.5 Å². The maximum absolute atomic E-state index is 12.8. The van der Waals surface area contributed by atoms with E-state index in [1.165, 1.54) is 34.9 Å². The van der Waals surface area contributed by atoms with Gasteiger partial charge in [-0.2, -0.15) is 4.31 Å². The van der Waals surface area contributed by atoms with E-state index in [1.54, 1.807) is 18.2 Å². The van der Waals surface area contributed by atoms with Gasteiger partial charge in [-0.1, -0.05) is 29.0 Å². The van der Waals surface area contributed by atoms with E-state index in [1.807, 2.05) is 12.1 Å². The summed E-state index contributed by atoms with van der Waals surface area (Å²) in [6.07, 6.45) is 0.903. The van der Waals surface area contributed by atoms with Crippen LogP contribution in [-0.2, 0) is 14.8 Å². The minimum Gasteiger partial charge on any atom is -0.497 e. The number of benzene rings is 2. The minimum absolute atomic E-state index is 0.147. The van der Waals surface area contributed by atoms with Crippen molar-refractivity contribution < 1.29 is 17.9 Å². The largest absolute Gasteiger partial charge is 0.497 e. The van der Waals surface area contributed by atoms with Crippen LogP contribution < -0.4 is 10.1 Å². The van der Waals surface area contributed by atoms with Gasteiger partial charge in [0, 0.05) is 19.0 Å². The number of carbonyl (C=O) groups excluding carboxylic acids is 1.